The van der Waals surface area contributed by atoms with Gasteiger partial charge in [0.05, 0.1) is 6.07 Å². The van der Waals surface area contributed by atoms with Gasteiger partial charge in [0.15, 0.2) is 0 Å². The van der Waals surface area contributed by atoms with Gasteiger partial charge >= 0.3 is 88.4 Å². The van der Waals surface area contributed by atoms with Crippen LogP contribution in [-0.4, -0.2) is 29.3 Å². The van der Waals surface area contributed by atoms with E-state index in [-0.39, 0.29) is 59.1 Å². The summed E-state index contributed by atoms with van der Waals surface area (Å²) in [5, 5.41) is 28.3. The van der Waals surface area contributed by atoms with Crippen LogP contribution < -0.4 is 69.2 Å². The van der Waals surface area contributed by atoms with E-state index in [2.05, 4.69) is 22.9 Å². The predicted molar refractivity (Wildman–Crippen MR) is 39.7 cm³/mol. The Morgan fingerprint density at radius 2 is 1.12 bits per heavy atom. The fraction of sp³-hybridized carbons (Fsp3) is 0.500. The van der Waals surface area contributed by atoms with Crippen LogP contribution in [-0.2, 0) is 22.9 Å². The summed E-state index contributed by atoms with van der Waals surface area (Å²) in [6.07, 6.45) is 0. The summed E-state index contributed by atoms with van der Waals surface area (Å²) in [5.74, 6) is 0. The molecule has 0 unspecified atom stereocenters. The molecule has 2 rings (SSSR count). The molecule has 0 aromatic rings. The first-order valence-electron chi connectivity index (χ1n) is 3.55. The fourth-order valence-corrected chi connectivity index (χ4v) is 0.710. The van der Waals surface area contributed by atoms with Crippen molar-refractivity contribution in [1.29, 1.82) is 5.26 Å². The standard InChI is InChI=1S/C2H3N.B4O7.2Na/c1-2-3;5-1-7-3-9-2(6)10-4(8-1)11-3;;/h1H3;;;/q;-2;2*+1. The van der Waals surface area contributed by atoms with Crippen molar-refractivity contribution in [3.8, 4) is 6.07 Å². The number of hydrogen-bond acceptors (Lipinski definition) is 8. The normalized spacial score (nSPS) is 17.4. The Hall–Kier alpha value is 1.47. The molecule has 2 fully saturated rings. The second-order valence-corrected chi connectivity index (χ2v) is 2.06. The average molecular weight is 242 g/mol. The summed E-state index contributed by atoms with van der Waals surface area (Å²) < 4.78 is 21.9. The van der Waals surface area contributed by atoms with Gasteiger partial charge in [-0.1, -0.05) is 0 Å². The molecule has 0 aliphatic carbocycles. The summed E-state index contributed by atoms with van der Waals surface area (Å²) in [6, 6.07) is 1.75. The van der Waals surface area contributed by atoms with Crippen LogP contribution in [0.3, 0.4) is 0 Å². The molecule has 0 aromatic heterocycles. The molecule has 0 aromatic carbocycles. The van der Waals surface area contributed by atoms with E-state index in [1.54, 1.807) is 6.07 Å². The second kappa shape index (κ2) is 10.4. The smallest absolute Gasteiger partial charge is 0.833 e. The van der Waals surface area contributed by atoms with Crippen molar-refractivity contribution < 1.29 is 92.0 Å². The van der Waals surface area contributed by atoms with Gasteiger partial charge in [0.1, 0.15) is 0 Å². The quantitative estimate of drug-likeness (QED) is 0.384. The van der Waals surface area contributed by atoms with Crippen molar-refractivity contribution in [2.45, 2.75) is 6.92 Å². The van der Waals surface area contributed by atoms with Gasteiger partial charge in [-0.2, -0.15) is 5.26 Å². The number of nitrogens with zero attached hydrogens (tertiary/aromatic N) is 1. The van der Waals surface area contributed by atoms with Crippen LogP contribution in [0.5, 0.6) is 0 Å². The zero-order valence-electron chi connectivity index (χ0n) is 9.11. The Kier molecular flexibility index (Phi) is 12.9. The van der Waals surface area contributed by atoms with Gasteiger partial charge in [-0.3, -0.25) is 0 Å². The Bertz CT molecular complexity index is 197. The topological polar surface area (TPSA) is 116 Å². The Labute approximate surface area is 138 Å². The number of rotatable bonds is 0. The fourth-order valence-electron chi connectivity index (χ4n) is 0.710. The van der Waals surface area contributed by atoms with Gasteiger partial charge in [0.2, 0.25) is 0 Å². The number of hydrogen-bond donors (Lipinski definition) is 0. The summed E-state index contributed by atoms with van der Waals surface area (Å²) in [4.78, 5) is 0. The van der Waals surface area contributed by atoms with E-state index in [9.17, 15) is 10.0 Å². The third-order valence-corrected chi connectivity index (χ3v) is 1.11. The van der Waals surface area contributed by atoms with Crippen LogP contribution >= 0.6 is 0 Å². The molecule has 0 atom stereocenters. The first-order chi connectivity index (χ1) is 6.65. The summed E-state index contributed by atoms with van der Waals surface area (Å²) in [7, 11) is -6.00. The van der Waals surface area contributed by atoms with Gasteiger partial charge in [-0.05, 0) is 0 Å². The van der Waals surface area contributed by atoms with Crippen molar-refractivity contribution in [1.82, 2.24) is 0 Å². The summed E-state index contributed by atoms with van der Waals surface area (Å²) >= 11 is 0. The largest absolute Gasteiger partial charge is 1.00 e. The molecule has 14 heteroatoms. The molecular weight excluding hydrogens is 239 g/mol. The van der Waals surface area contributed by atoms with Crippen LogP contribution in [0.1, 0.15) is 6.92 Å². The summed E-state index contributed by atoms with van der Waals surface area (Å²) in [5.41, 5.74) is 0. The maximum atomic E-state index is 10.5. The van der Waals surface area contributed by atoms with Gasteiger partial charge in [0.25, 0.3) is 0 Å². The zero-order valence-corrected chi connectivity index (χ0v) is 13.1. The number of fused-ring (bicyclic) bond motifs is 2. The number of nitriles is 1. The van der Waals surface area contributed by atoms with Crippen molar-refractivity contribution >= 4 is 29.3 Å². The van der Waals surface area contributed by atoms with E-state index in [0.717, 1.165) is 0 Å². The van der Waals surface area contributed by atoms with Crippen molar-refractivity contribution in [3.05, 3.63) is 0 Å². The van der Waals surface area contributed by atoms with Crippen LogP contribution in [0.4, 0.5) is 0 Å². The predicted octanol–water partition coefficient (Wildman–Crippen LogP) is -9.71. The third-order valence-electron chi connectivity index (χ3n) is 1.11. The molecule has 0 N–H and O–H groups in total. The minimum Gasteiger partial charge on any atom is -0.833 e. The Morgan fingerprint density at radius 1 is 0.875 bits per heavy atom. The molecule has 0 saturated carbocycles. The van der Waals surface area contributed by atoms with Crippen molar-refractivity contribution in [3.63, 3.8) is 0 Å². The van der Waals surface area contributed by atoms with Crippen molar-refractivity contribution in [2.75, 3.05) is 0 Å². The van der Waals surface area contributed by atoms with Crippen LogP contribution in [0.2, 0.25) is 0 Å². The average Bonchev–Trinajstić information content (AvgIpc) is 2.01. The molecule has 2 saturated heterocycles. The zero-order chi connectivity index (χ0) is 10.6. The molecule has 2 bridgehead atoms. The van der Waals surface area contributed by atoms with Gasteiger partial charge in [-0.25, -0.2) is 0 Å². The minimum atomic E-state index is -1.73. The second-order valence-electron chi connectivity index (χ2n) is 2.06. The molecule has 2 heterocycles. The molecule has 16 heavy (non-hydrogen) atoms. The van der Waals surface area contributed by atoms with E-state index in [4.69, 9.17) is 5.26 Å². The molecule has 2 aliphatic heterocycles. The van der Waals surface area contributed by atoms with E-state index >= 15 is 0 Å². The first kappa shape index (κ1) is 19.8. The van der Waals surface area contributed by atoms with E-state index in [1.807, 2.05) is 0 Å². The Balaban J connectivity index is 0. The van der Waals surface area contributed by atoms with Crippen LogP contribution in [0.15, 0.2) is 0 Å². The first-order valence-corrected chi connectivity index (χ1v) is 3.55. The Morgan fingerprint density at radius 3 is 1.38 bits per heavy atom. The molecule has 8 nitrogen and oxygen atoms in total. The molecule has 0 spiro atoms. The molecule has 72 valence electrons. The third kappa shape index (κ3) is 7.03. The monoisotopic (exact) mass is 243 g/mol. The minimum absolute atomic E-state index is 0. The van der Waals surface area contributed by atoms with Crippen LogP contribution in [0.25, 0.3) is 0 Å². The molecule has 0 amide bonds. The van der Waals surface area contributed by atoms with E-state index in [1.165, 1.54) is 6.92 Å². The molecular formula is C2H3B4NNa2O7. The molecule has 2 aliphatic rings. The maximum absolute atomic E-state index is 10.5. The van der Waals surface area contributed by atoms with Crippen molar-refractivity contribution in [2.24, 2.45) is 0 Å². The van der Waals surface area contributed by atoms with E-state index in [0.29, 0.717) is 0 Å². The van der Waals surface area contributed by atoms with E-state index < -0.39 is 29.3 Å². The van der Waals surface area contributed by atoms with Gasteiger partial charge in [0, 0.05) is 6.92 Å². The molecule has 0 radical (unpaired) electrons. The van der Waals surface area contributed by atoms with Gasteiger partial charge in [-0.15, -0.1) is 0 Å². The maximum Gasteiger partial charge on any atom is 1.00 e. The van der Waals surface area contributed by atoms with Crippen LogP contribution in [0, 0.1) is 11.3 Å². The SMILES string of the molecule is CC#N.[Na+].[Na+].[O-]B1OB2OB([O-])OB(O1)O2. The van der Waals surface area contributed by atoms with Gasteiger partial charge < -0.3 is 32.9 Å². The summed E-state index contributed by atoms with van der Waals surface area (Å²) in [6.45, 7) is 1.43.